The summed E-state index contributed by atoms with van der Waals surface area (Å²) in [4.78, 5) is 30.4. The molecule has 2 rings (SSSR count). The molecule has 0 aliphatic rings. The quantitative estimate of drug-likeness (QED) is 0.839. The van der Waals surface area contributed by atoms with Gasteiger partial charge in [-0.3, -0.25) is 4.79 Å². The molecule has 1 aromatic heterocycles. The Balaban J connectivity index is 2.24. The van der Waals surface area contributed by atoms with Gasteiger partial charge in [0.15, 0.2) is 0 Å². The van der Waals surface area contributed by atoms with Gasteiger partial charge < -0.3 is 10.4 Å². The smallest absolute Gasteiger partial charge is 0.328 e. The normalized spacial score (nSPS) is 10.5. The number of nitrogens with zero attached hydrogens (tertiary/aromatic N) is 2. The largest absolute Gasteiger partial charge is 0.478 e. The Kier molecular flexibility index (Phi) is 4.40. The molecule has 0 aliphatic heterocycles. The molecule has 6 heteroatoms. The highest BCUT2D eigenvalue weighted by Crippen LogP contribution is 2.14. The van der Waals surface area contributed by atoms with Crippen molar-refractivity contribution in [1.29, 1.82) is 0 Å². The van der Waals surface area contributed by atoms with Crippen molar-refractivity contribution in [3.8, 4) is 0 Å². The van der Waals surface area contributed by atoms with E-state index >= 15 is 0 Å². The van der Waals surface area contributed by atoms with Crippen LogP contribution in [0.3, 0.4) is 0 Å². The molecule has 0 atom stereocenters. The third kappa shape index (κ3) is 3.97. The standard InChI is InChI=1S/C15H13N3O3/c1-10-2-3-11(4-5-14(19)20)6-13(10)15(21)18-12-7-16-9-17-8-12/h2-9H,1H3,(H,18,21)(H,19,20)/b5-4+. The Morgan fingerprint density at radius 2 is 1.95 bits per heavy atom. The molecule has 1 aromatic carbocycles. The number of benzene rings is 1. The molecule has 21 heavy (non-hydrogen) atoms. The van der Waals surface area contributed by atoms with Crippen molar-refractivity contribution < 1.29 is 14.7 Å². The van der Waals surface area contributed by atoms with Crippen LogP contribution in [0.2, 0.25) is 0 Å². The highest BCUT2D eigenvalue weighted by atomic mass is 16.4. The number of hydrogen-bond donors (Lipinski definition) is 2. The van der Waals surface area contributed by atoms with Crippen LogP contribution in [0.1, 0.15) is 21.5 Å². The van der Waals surface area contributed by atoms with Gasteiger partial charge in [0.2, 0.25) is 0 Å². The Morgan fingerprint density at radius 1 is 1.24 bits per heavy atom. The lowest BCUT2D eigenvalue weighted by atomic mass is 10.0. The number of hydrogen-bond acceptors (Lipinski definition) is 4. The number of carboxylic acids is 1. The molecular formula is C15H13N3O3. The highest BCUT2D eigenvalue weighted by molar-refractivity contribution is 6.05. The molecule has 0 bridgehead atoms. The summed E-state index contributed by atoms with van der Waals surface area (Å²) in [5.74, 6) is -1.34. The Bertz CT molecular complexity index is 697. The fourth-order valence-electron chi connectivity index (χ4n) is 1.72. The van der Waals surface area contributed by atoms with Crippen molar-refractivity contribution in [2.24, 2.45) is 0 Å². The van der Waals surface area contributed by atoms with Gasteiger partial charge in [0.05, 0.1) is 18.1 Å². The van der Waals surface area contributed by atoms with E-state index in [0.717, 1.165) is 11.6 Å². The van der Waals surface area contributed by atoms with E-state index in [1.165, 1.54) is 24.8 Å². The number of amides is 1. The molecule has 0 saturated carbocycles. The number of aromatic nitrogens is 2. The SMILES string of the molecule is Cc1ccc(/C=C/C(=O)O)cc1C(=O)Nc1cncnc1. The number of carboxylic acid groups (broad SMARTS) is 1. The molecular weight excluding hydrogens is 270 g/mol. The van der Waals surface area contributed by atoms with Crippen LogP contribution in [0.4, 0.5) is 5.69 Å². The second kappa shape index (κ2) is 6.42. The Hall–Kier alpha value is -3.02. The Morgan fingerprint density at radius 3 is 2.62 bits per heavy atom. The molecule has 0 fully saturated rings. The summed E-state index contributed by atoms with van der Waals surface area (Å²) in [7, 11) is 0. The maximum absolute atomic E-state index is 12.2. The number of carbonyl (C=O) groups excluding carboxylic acids is 1. The van der Waals surface area contributed by atoms with Crippen molar-refractivity contribution in [2.45, 2.75) is 6.92 Å². The molecule has 2 aromatic rings. The second-order valence-corrected chi connectivity index (χ2v) is 4.33. The molecule has 2 N–H and O–H groups in total. The summed E-state index contributed by atoms with van der Waals surface area (Å²) in [5, 5.41) is 11.3. The fourth-order valence-corrected chi connectivity index (χ4v) is 1.72. The van der Waals surface area contributed by atoms with Gasteiger partial charge in [-0.15, -0.1) is 0 Å². The second-order valence-electron chi connectivity index (χ2n) is 4.33. The van der Waals surface area contributed by atoms with Crippen molar-refractivity contribution in [1.82, 2.24) is 9.97 Å². The van der Waals surface area contributed by atoms with Crippen LogP contribution in [-0.2, 0) is 4.79 Å². The predicted molar refractivity (Wildman–Crippen MR) is 77.8 cm³/mol. The van der Waals surface area contributed by atoms with Crippen molar-refractivity contribution in [2.75, 3.05) is 5.32 Å². The van der Waals surface area contributed by atoms with Gasteiger partial charge in [0.25, 0.3) is 5.91 Å². The number of carbonyl (C=O) groups is 2. The van der Waals surface area contributed by atoms with E-state index in [9.17, 15) is 9.59 Å². The zero-order valence-corrected chi connectivity index (χ0v) is 11.3. The first-order chi connectivity index (χ1) is 10.1. The van der Waals surface area contributed by atoms with E-state index in [2.05, 4.69) is 15.3 Å². The summed E-state index contributed by atoms with van der Waals surface area (Å²) in [6, 6.07) is 5.14. The molecule has 106 valence electrons. The van der Waals surface area contributed by atoms with Crippen LogP contribution in [0.15, 0.2) is 43.0 Å². The van der Waals surface area contributed by atoms with E-state index in [-0.39, 0.29) is 5.91 Å². The van der Waals surface area contributed by atoms with Crippen LogP contribution in [0.25, 0.3) is 6.08 Å². The topological polar surface area (TPSA) is 92.2 Å². The molecule has 0 spiro atoms. The lowest BCUT2D eigenvalue weighted by Gasteiger charge is -2.08. The molecule has 1 heterocycles. The highest BCUT2D eigenvalue weighted by Gasteiger charge is 2.10. The number of aryl methyl sites for hydroxylation is 1. The first-order valence-electron chi connectivity index (χ1n) is 6.14. The Labute approximate surface area is 121 Å². The van der Waals surface area contributed by atoms with E-state index in [1.54, 1.807) is 25.1 Å². The maximum atomic E-state index is 12.2. The first kappa shape index (κ1) is 14.4. The van der Waals surface area contributed by atoms with Crippen LogP contribution >= 0.6 is 0 Å². The van der Waals surface area contributed by atoms with Crippen molar-refractivity contribution in [3.05, 3.63) is 59.7 Å². The third-order valence-electron chi connectivity index (χ3n) is 2.74. The summed E-state index contributed by atoms with van der Waals surface area (Å²) in [6.45, 7) is 1.81. The number of rotatable bonds is 4. The summed E-state index contributed by atoms with van der Waals surface area (Å²) in [6.07, 6.45) is 6.82. The van der Waals surface area contributed by atoms with E-state index < -0.39 is 5.97 Å². The van der Waals surface area contributed by atoms with Crippen LogP contribution < -0.4 is 5.32 Å². The van der Waals surface area contributed by atoms with Gasteiger partial charge >= 0.3 is 5.97 Å². The number of anilines is 1. The van der Waals surface area contributed by atoms with Crippen LogP contribution in [0, 0.1) is 6.92 Å². The van der Waals surface area contributed by atoms with Gasteiger partial charge in [-0.25, -0.2) is 14.8 Å². The minimum Gasteiger partial charge on any atom is -0.478 e. The molecule has 1 amide bonds. The van der Waals surface area contributed by atoms with Gasteiger partial charge in [0.1, 0.15) is 6.33 Å². The minimum absolute atomic E-state index is 0.298. The summed E-state index contributed by atoms with van der Waals surface area (Å²) < 4.78 is 0. The monoisotopic (exact) mass is 283 g/mol. The van der Waals surface area contributed by atoms with Gasteiger partial charge in [-0.05, 0) is 30.2 Å². The lowest BCUT2D eigenvalue weighted by Crippen LogP contribution is -2.13. The summed E-state index contributed by atoms with van der Waals surface area (Å²) in [5.41, 5.74) is 2.38. The van der Waals surface area contributed by atoms with E-state index in [0.29, 0.717) is 16.8 Å². The predicted octanol–water partition coefficient (Wildman–Crippen LogP) is 2.14. The first-order valence-corrected chi connectivity index (χ1v) is 6.14. The lowest BCUT2D eigenvalue weighted by molar-refractivity contribution is -0.131. The van der Waals surface area contributed by atoms with Gasteiger partial charge in [0, 0.05) is 11.6 Å². The number of aliphatic carboxylic acids is 1. The summed E-state index contributed by atoms with van der Waals surface area (Å²) >= 11 is 0. The van der Waals surface area contributed by atoms with Gasteiger partial charge in [-0.1, -0.05) is 12.1 Å². The average Bonchev–Trinajstić information content (AvgIpc) is 2.47. The zero-order valence-electron chi connectivity index (χ0n) is 11.3. The van der Waals surface area contributed by atoms with Crippen molar-refractivity contribution >= 4 is 23.6 Å². The zero-order chi connectivity index (χ0) is 15.2. The molecule has 0 radical (unpaired) electrons. The van der Waals surface area contributed by atoms with Gasteiger partial charge in [-0.2, -0.15) is 0 Å². The molecule has 0 aliphatic carbocycles. The molecule has 0 saturated heterocycles. The molecule has 6 nitrogen and oxygen atoms in total. The number of nitrogens with one attached hydrogen (secondary N) is 1. The average molecular weight is 283 g/mol. The minimum atomic E-state index is -1.04. The van der Waals surface area contributed by atoms with E-state index in [4.69, 9.17) is 5.11 Å². The van der Waals surface area contributed by atoms with Crippen LogP contribution in [-0.4, -0.2) is 27.0 Å². The maximum Gasteiger partial charge on any atom is 0.328 e. The van der Waals surface area contributed by atoms with Crippen LogP contribution in [0.5, 0.6) is 0 Å². The van der Waals surface area contributed by atoms with E-state index in [1.807, 2.05) is 0 Å². The molecule has 0 unspecified atom stereocenters. The van der Waals surface area contributed by atoms with Crippen molar-refractivity contribution in [3.63, 3.8) is 0 Å². The fraction of sp³-hybridized carbons (Fsp3) is 0.0667. The third-order valence-corrected chi connectivity index (χ3v) is 2.74.